The molecule has 1 aromatic rings. The molecule has 82 valence electrons. The highest BCUT2D eigenvalue weighted by atomic mass is 31.2. The van der Waals surface area contributed by atoms with Crippen LogP contribution in [-0.4, -0.2) is 18.2 Å². The molecule has 0 saturated heterocycles. The Bertz CT molecular complexity index is 389. The van der Waals surface area contributed by atoms with Gasteiger partial charge in [0.15, 0.2) is 11.5 Å². The molecule has 0 aliphatic carbocycles. The van der Waals surface area contributed by atoms with Crippen LogP contribution in [0, 0.1) is 0 Å². The van der Waals surface area contributed by atoms with Crippen molar-refractivity contribution in [3.63, 3.8) is 0 Å². The third-order valence-electron chi connectivity index (χ3n) is 1.67. The Morgan fingerprint density at radius 2 is 2.07 bits per heavy atom. The van der Waals surface area contributed by atoms with E-state index in [4.69, 9.17) is 9.26 Å². The minimum atomic E-state index is -3.65. The Morgan fingerprint density at radius 3 is 2.60 bits per heavy atom. The summed E-state index contributed by atoms with van der Waals surface area (Å²) in [7, 11) is -2.18. The maximum absolute atomic E-state index is 11.5. The van der Waals surface area contributed by atoms with Crippen LogP contribution in [0.3, 0.4) is 0 Å². The molecule has 0 saturated carbocycles. The molecule has 0 aliphatic rings. The van der Waals surface area contributed by atoms with Crippen LogP contribution < -0.4 is 9.26 Å². The number of benzene rings is 1. The quantitative estimate of drug-likeness (QED) is 0.621. The average molecular weight is 228 g/mol. The summed E-state index contributed by atoms with van der Waals surface area (Å²) in [6, 6.07) is 6.68. The van der Waals surface area contributed by atoms with Crippen LogP contribution in [-0.2, 0) is 4.57 Å². The number of allylic oxidation sites excluding steroid dienone is 1. The minimum Gasteiger partial charge on any atom is -0.493 e. The molecule has 0 amide bonds. The predicted octanol–water partition coefficient (Wildman–Crippen LogP) is 2.45. The lowest BCUT2D eigenvalue weighted by molar-refractivity contribution is 0.357. The molecule has 0 heterocycles. The smallest absolute Gasteiger partial charge is 0.380 e. The molecule has 1 aromatic carbocycles. The maximum Gasteiger partial charge on any atom is 0.380 e. The van der Waals surface area contributed by atoms with Crippen LogP contribution in [0.25, 0.3) is 0 Å². The molecule has 1 unspecified atom stereocenters. The van der Waals surface area contributed by atoms with Crippen LogP contribution >= 0.6 is 7.60 Å². The van der Waals surface area contributed by atoms with E-state index in [-0.39, 0.29) is 11.9 Å². The standard InChI is InChI=1S/C10H13O4P/c1-3-8-15(11,12)14-10-7-5-4-6-9(10)13-2/h3-7H,1,8H2,2H3,(H,11,12). The van der Waals surface area contributed by atoms with Gasteiger partial charge in [-0.25, -0.2) is 4.57 Å². The molecular formula is C10H13O4P. The minimum absolute atomic E-state index is 0.0922. The fraction of sp³-hybridized carbons (Fsp3) is 0.200. The fourth-order valence-electron chi connectivity index (χ4n) is 1.05. The molecule has 0 bridgehead atoms. The highest BCUT2D eigenvalue weighted by Gasteiger charge is 2.20. The Kier molecular flexibility index (Phi) is 3.95. The average Bonchev–Trinajstić information content (AvgIpc) is 2.17. The van der Waals surface area contributed by atoms with Crippen LogP contribution in [0.15, 0.2) is 36.9 Å². The third-order valence-corrected chi connectivity index (χ3v) is 2.87. The normalized spacial score (nSPS) is 14.0. The van der Waals surface area contributed by atoms with E-state index in [1.807, 2.05) is 0 Å². The number of para-hydroxylation sites is 2. The van der Waals surface area contributed by atoms with E-state index in [1.54, 1.807) is 24.3 Å². The second kappa shape index (κ2) is 5.01. The van der Waals surface area contributed by atoms with Gasteiger partial charge >= 0.3 is 7.60 Å². The third kappa shape index (κ3) is 3.42. The second-order valence-electron chi connectivity index (χ2n) is 2.85. The fourth-order valence-corrected chi connectivity index (χ4v) is 1.91. The number of rotatable bonds is 5. The van der Waals surface area contributed by atoms with Crippen molar-refractivity contribution in [2.24, 2.45) is 0 Å². The first kappa shape index (κ1) is 11.8. The summed E-state index contributed by atoms with van der Waals surface area (Å²) in [4.78, 5) is 9.39. The molecule has 1 rings (SSSR count). The molecule has 1 N–H and O–H groups in total. The van der Waals surface area contributed by atoms with E-state index in [1.165, 1.54) is 13.2 Å². The van der Waals surface area contributed by atoms with E-state index >= 15 is 0 Å². The van der Waals surface area contributed by atoms with Gasteiger partial charge in [0.25, 0.3) is 0 Å². The number of ether oxygens (including phenoxy) is 1. The molecule has 0 radical (unpaired) electrons. The first-order valence-corrected chi connectivity index (χ1v) is 6.10. The maximum atomic E-state index is 11.5. The zero-order valence-corrected chi connectivity index (χ0v) is 9.31. The van der Waals surface area contributed by atoms with Crippen molar-refractivity contribution in [1.82, 2.24) is 0 Å². The van der Waals surface area contributed by atoms with E-state index in [9.17, 15) is 9.46 Å². The first-order chi connectivity index (χ1) is 7.09. The van der Waals surface area contributed by atoms with Crippen LogP contribution in [0.2, 0.25) is 0 Å². The van der Waals surface area contributed by atoms with Crippen LogP contribution in [0.4, 0.5) is 0 Å². The van der Waals surface area contributed by atoms with Gasteiger partial charge in [-0.05, 0) is 12.1 Å². The van der Waals surface area contributed by atoms with Crippen molar-refractivity contribution in [3.05, 3.63) is 36.9 Å². The topological polar surface area (TPSA) is 55.8 Å². The van der Waals surface area contributed by atoms with E-state index in [0.717, 1.165) is 0 Å². The van der Waals surface area contributed by atoms with Gasteiger partial charge in [0, 0.05) is 0 Å². The van der Waals surface area contributed by atoms with E-state index in [0.29, 0.717) is 5.75 Å². The molecule has 4 nitrogen and oxygen atoms in total. The van der Waals surface area contributed by atoms with Gasteiger partial charge in [0.1, 0.15) is 0 Å². The summed E-state index contributed by atoms with van der Waals surface area (Å²) >= 11 is 0. The Labute approximate surface area is 88.7 Å². The lowest BCUT2D eigenvalue weighted by Gasteiger charge is -2.13. The van der Waals surface area contributed by atoms with Gasteiger partial charge in [-0.3, -0.25) is 0 Å². The molecule has 0 aliphatic heterocycles. The van der Waals surface area contributed by atoms with Gasteiger partial charge in [-0.15, -0.1) is 6.58 Å². The van der Waals surface area contributed by atoms with E-state index < -0.39 is 7.60 Å². The summed E-state index contributed by atoms with van der Waals surface area (Å²) in [5, 5.41) is 0. The van der Waals surface area contributed by atoms with Crippen LogP contribution in [0.5, 0.6) is 11.5 Å². The summed E-state index contributed by atoms with van der Waals surface area (Å²) in [5.41, 5.74) is 0. The van der Waals surface area contributed by atoms with Gasteiger partial charge in [-0.2, -0.15) is 0 Å². The molecule has 0 aromatic heterocycles. The Hall–Kier alpha value is -1.25. The van der Waals surface area contributed by atoms with E-state index in [2.05, 4.69) is 6.58 Å². The van der Waals surface area contributed by atoms with Crippen molar-refractivity contribution in [2.75, 3.05) is 13.3 Å². The van der Waals surface area contributed by atoms with Crippen molar-refractivity contribution >= 4 is 7.60 Å². The Balaban J connectivity index is 2.88. The molecule has 0 fully saturated rings. The first-order valence-electron chi connectivity index (χ1n) is 4.34. The van der Waals surface area contributed by atoms with Crippen molar-refractivity contribution in [3.8, 4) is 11.5 Å². The predicted molar refractivity (Wildman–Crippen MR) is 58.5 cm³/mol. The molecule has 0 spiro atoms. The molecule has 5 heteroatoms. The van der Waals surface area contributed by atoms with Gasteiger partial charge in [-0.1, -0.05) is 18.2 Å². The summed E-state index contributed by atoms with van der Waals surface area (Å²) in [5.74, 6) is 0.684. The van der Waals surface area contributed by atoms with Crippen molar-refractivity contribution in [1.29, 1.82) is 0 Å². The zero-order valence-electron chi connectivity index (χ0n) is 8.42. The van der Waals surface area contributed by atoms with Crippen LogP contribution in [0.1, 0.15) is 0 Å². The lowest BCUT2D eigenvalue weighted by atomic mass is 10.3. The highest BCUT2D eigenvalue weighted by molar-refractivity contribution is 7.53. The van der Waals surface area contributed by atoms with Crippen molar-refractivity contribution < 1.29 is 18.7 Å². The lowest BCUT2D eigenvalue weighted by Crippen LogP contribution is -1.96. The largest absolute Gasteiger partial charge is 0.493 e. The Morgan fingerprint density at radius 1 is 1.47 bits per heavy atom. The summed E-state index contributed by atoms with van der Waals surface area (Å²) in [6.07, 6.45) is 1.25. The number of hydrogen-bond acceptors (Lipinski definition) is 3. The SMILES string of the molecule is C=CCP(=O)(O)Oc1ccccc1OC. The number of hydrogen-bond donors (Lipinski definition) is 1. The zero-order chi connectivity index (χ0) is 11.3. The second-order valence-corrected chi connectivity index (χ2v) is 4.67. The number of methoxy groups -OCH3 is 1. The molecule has 15 heavy (non-hydrogen) atoms. The monoisotopic (exact) mass is 228 g/mol. The summed E-state index contributed by atoms with van der Waals surface area (Å²) < 4.78 is 21.4. The molecular weight excluding hydrogens is 215 g/mol. The van der Waals surface area contributed by atoms with Crippen molar-refractivity contribution in [2.45, 2.75) is 0 Å². The van der Waals surface area contributed by atoms with Gasteiger partial charge in [0.2, 0.25) is 0 Å². The molecule has 1 atom stereocenters. The van der Waals surface area contributed by atoms with Gasteiger partial charge in [0.05, 0.1) is 13.3 Å². The van der Waals surface area contributed by atoms with Gasteiger partial charge < -0.3 is 14.2 Å². The highest BCUT2D eigenvalue weighted by Crippen LogP contribution is 2.45. The summed E-state index contributed by atoms with van der Waals surface area (Å²) in [6.45, 7) is 3.39.